The number of nitrogens with zero attached hydrogens (tertiary/aromatic N) is 1. The molecular weight excluding hydrogens is 280 g/mol. The first kappa shape index (κ1) is 14.9. The van der Waals surface area contributed by atoms with Gasteiger partial charge in [-0.15, -0.1) is 0 Å². The van der Waals surface area contributed by atoms with E-state index in [1.165, 1.54) is 12.1 Å². The molecule has 0 spiro atoms. The molecule has 20 heavy (non-hydrogen) atoms. The quantitative estimate of drug-likeness (QED) is 0.642. The van der Waals surface area contributed by atoms with Gasteiger partial charge in [0.2, 0.25) is 10.0 Å². The number of non-ortho nitro benzene ring substituents is 1. The van der Waals surface area contributed by atoms with Crippen LogP contribution in [0.1, 0.15) is 31.2 Å². The minimum Gasteiger partial charge on any atom is -0.258 e. The van der Waals surface area contributed by atoms with Crippen LogP contribution in [-0.2, 0) is 16.4 Å². The van der Waals surface area contributed by atoms with Crippen LogP contribution in [0, 0.1) is 10.1 Å². The highest BCUT2D eigenvalue weighted by atomic mass is 32.2. The van der Waals surface area contributed by atoms with Crippen molar-refractivity contribution in [1.82, 2.24) is 4.72 Å². The van der Waals surface area contributed by atoms with Crippen molar-refractivity contribution in [2.75, 3.05) is 6.54 Å². The zero-order valence-electron chi connectivity index (χ0n) is 11.1. The van der Waals surface area contributed by atoms with Gasteiger partial charge in [0.25, 0.3) is 5.69 Å². The number of nitrogens with one attached hydrogen (secondary N) is 1. The highest BCUT2D eigenvalue weighted by molar-refractivity contribution is 7.90. The van der Waals surface area contributed by atoms with Gasteiger partial charge in [-0.05, 0) is 24.8 Å². The molecule has 110 valence electrons. The highest BCUT2D eigenvalue weighted by Gasteiger charge is 2.27. The molecular formula is C13H18N2O4S. The molecule has 6 nitrogen and oxygen atoms in total. The molecule has 0 saturated heterocycles. The van der Waals surface area contributed by atoms with E-state index in [9.17, 15) is 18.5 Å². The van der Waals surface area contributed by atoms with Crippen LogP contribution in [0.5, 0.6) is 0 Å². The number of nitro benzene ring substituents is 1. The summed E-state index contributed by atoms with van der Waals surface area (Å²) in [4.78, 5) is 10.1. The fourth-order valence-electron chi connectivity index (χ4n) is 2.44. The Balaban J connectivity index is 1.84. The van der Waals surface area contributed by atoms with Crippen molar-refractivity contribution in [3.8, 4) is 0 Å². The van der Waals surface area contributed by atoms with Gasteiger partial charge >= 0.3 is 0 Å². The van der Waals surface area contributed by atoms with E-state index in [-0.39, 0.29) is 10.9 Å². The summed E-state index contributed by atoms with van der Waals surface area (Å²) in [6.45, 7) is 0.330. The number of hydrogen-bond acceptors (Lipinski definition) is 4. The Morgan fingerprint density at radius 1 is 1.20 bits per heavy atom. The summed E-state index contributed by atoms with van der Waals surface area (Å²) >= 11 is 0. The molecule has 0 heterocycles. The molecule has 1 aromatic carbocycles. The third kappa shape index (κ3) is 3.77. The topological polar surface area (TPSA) is 89.3 Å². The van der Waals surface area contributed by atoms with Crippen LogP contribution in [0.2, 0.25) is 0 Å². The molecule has 0 aliphatic heterocycles. The van der Waals surface area contributed by atoms with E-state index in [2.05, 4.69) is 4.72 Å². The van der Waals surface area contributed by atoms with E-state index in [1.54, 1.807) is 12.1 Å². The number of hydrogen-bond donors (Lipinski definition) is 1. The Kier molecular flexibility index (Phi) is 4.72. The maximum Gasteiger partial charge on any atom is 0.269 e. The second-order valence-corrected chi connectivity index (χ2v) is 7.06. The summed E-state index contributed by atoms with van der Waals surface area (Å²) in [5.41, 5.74) is 0.921. The second kappa shape index (κ2) is 6.32. The van der Waals surface area contributed by atoms with Crippen LogP contribution < -0.4 is 4.72 Å². The van der Waals surface area contributed by atoms with Crippen LogP contribution in [0.4, 0.5) is 5.69 Å². The largest absolute Gasteiger partial charge is 0.269 e. The zero-order chi connectivity index (χ0) is 14.6. The second-order valence-electron chi connectivity index (χ2n) is 5.02. The molecule has 0 unspecified atom stereocenters. The normalized spacial score (nSPS) is 16.4. The average molecular weight is 298 g/mol. The molecule has 0 atom stereocenters. The van der Waals surface area contributed by atoms with Crippen molar-refractivity contribution in [3.05, 3.63) is 39.9 Å². The van der Waals surface area contributed by atoms with Crippen molar-refractivity contribution in [1.29, 1.82) is 0 Å². The number of nitro groups is 1. The lowest BCUT2D eigenvalue weighted by atomic mass is 10.1. The molecule has 1 fully saturated rings. The van der Waals surface area contributed by atoms with Crippen molar-refractivity contribution in [3.63, 3.8) is 0 Å². The summed E-state index contributed by atoms with van der Waals surface area (Å²) in [6.07, 6.45) is 3.98. The fourth-order valence-corrected chi connectivity index (χ4v) is 4.01. The summed E-state index contributed by atoms with van der Waals surface area (Å²) < 4.78 is 26.6. The van der Waals surface area contributed by atoms with Crippen LogP contribution in [0.15, 0.2) is 24.3 Å². The fraction of sp³-hybridized carbons (Fsp3) is 0.538. The first-order chi connectivity index (χ1) is 9.49. The molecule has 0 bridgehead atoms. The molecule has 0 amide bonds. The lowest BCUT2D eigenvalue weighted by molar-refractivity contribution is -0.384. The van der Waals surface area contributed by atoms with Gasteiger partial charge in [0.15, 0.2) is 0 Å². The van der Waals surface area contributed by atoms with Gasteiger partial charge < -0.3 is 0 Å². The first-order valence-electron chi connectivity index (χ1n) is 6.71. The van der Waals surface area contributed by atoms with Crippen LogP contribution in [-0.4, -0.2) is 25.1 Å². The van der Waals surface area contributed by atoms with Crippen molar-refractivity contribution in [2.24, 2.45) is 0 Å². The van der Waals surface area contributed by atoms with Crippen molar-refractivity contribution >= 4 is 15.7 Å². The zero-order valence-corrected chi connectivity index (χ0v) is 11.9. The van der Waals surface area contributed by atoms with Crippen LogP contribution >= 0.6 is 0 Å². The summed E-state index contributed by atoms with van der Waals surface area (Å²) in [5, 5.41) is 10.3. The molecule has 1 aliphatic carbocycles. The molecule has 2 rings (SSSR count). The van der Waals surface area contributed by atoms with Crippen molar-refractivity contribution in [2.45, 2.75) is 37.4 Å². The third-order valence-corrected chi connectivity index (χ3v) is 5.56. The van der Waals surface area contributed by atoms with Crippen LogP contribution in [0.25, 0.3) is 0 Å². The van der Waals surface area contributed by atoms with Gasteiger partial charge in [-0.2, -0.15) is 0 Å². The summed E-state index contributed by atoms with van der Waals surface area (Å²) in [7, 11) is -3.21. The maximum atomic E-state index is 12.0. The molecule has 1 aromatic rings. The SMILES string of the molecule is O=[N+]([O-])c1ccc(CCNS(=O)(=O)C2CCCC2)cc1. The summed E-state index contributed by atoms with van der Waals surface area (Å²) in [6, 6.07) is 6.17. The Hall–Kier alpha value is -1.47. The van der Waals surface area contributed by atoms with E-state index in [1.807, 2.05) is 0 Å². The van der Waals surface area contributed by atoms with Gasteiger partial charge in [0.1, 0.15) is 0 Å². The van der Waals surface area contributed by atoms with Crippen molar-refractivity contribution < 1.29 is 13.3 Å². The van der Waals surface area contributed by atoms with Gasteiger partial charge in [-0.3, -0.25) is 10.1 Å². The van der Waals surface area contributed by atoms with E-state index in [4.69, 9.17) is 0 Å². The highest BCUT2D eigenvalue weighted by Crippen LogP contribution is 2.23. The monoisotopic (exact) mass is 298 g/mol. The molecule has 1 aliphatic rings. The van der Waals surface area contributed by atoms with Gasteiger partial charge in [0, 0.05) is 18.7 Å². The first-order valence-corrected chi connectivity index (χ1v) is 8.25. The Labute approximate surface area is 118 Å². The lowest BCUT2D eigenvalue weighted by Crippen LogP contribution is -2.34. The molecule has 0 radical (unpaired) electrons. The minimum atomic E-state index is -3.21. The Morgan fingerprint density at radius 3 is 2.35 bits per heavy atom. The number of benzene rings is 1. The maximum absolute atomic E-state index is 12.0. The Bertz CT molecular complexity index is 563. The molecule has 0 aromatic heterocycles. The van der Waals surface area contributed by atoms with E-state index in [0.29, 0.717) is 13.0 Å². The standard InChI is InChI=1S/C13H18N2O4S/c16-15(17)12-7-5-11(6-8-12)9-10-14-20(18,19)13-3-1-2-4-13/h5-8,13-14H,1-4,9-10H2. The number of sulfonamides is 1. The van der Waals surface area contributed by atoms with Crippen LogP contribution in [0.3, 0.4) is 0 Å². The van der Waals surface area contributed by atoms with E-state index < -0.39 is 14.9 Å². The third-order valence-electron chi connectivity index (χ3n) is 3.61. The van der Waals surface area contributed by atoms with Gasteiger partial charge in [-0.25, -0.2) is 13.1 Å². The summed E-state index contributed by atoms with van der Waals surface area (Å²) in [5.74, 6) is 0. The molecule has 7 heteroatoms. The predicted molar refractivity (Wildman–Crippen MR) is 76.0 cm³/mol. The minimum absolute atomic E-state index is 0.0419. The Morgan fingerprint density at radius 2 is 1.80 bits per heavy atom. The molecule has 1 N–H and O–H groups in total. The van der Waals surface area contributed by atoms with Gasteiger partial charge in [0.05, 0.1) is 10.2 Å². The predicted octanol–water partition coefficient (Wildman–Crippen LogP) is 2.00. The smallest absolute Gasteiger partial charge is 0.258 e. The number of rotatable bonds is 6. The van der Waals surface area contributed by atoms with Gasteiger partial charge in [-0.1, -0.05) is 25.0 Å². The lowest BCUT2D eigenvalue weighted by Gasteiger charge is -2.12. The average Bonchev–Trinajstić information content (AvgIpc) is 2.94. The van der Waals surface area contributed by atoms with E-state index >= 15 is 0 Å². The molecule has 1 saturated carbocycles. The van der Waals surface area contributed by atoms with E-state index in [0.717, 1.165) is 31.2 Å².